The predicted octanol–water partition coefficient (Wildman–Crippen LogP) is 4.27. The second-order valence-electron chi connectivity index (χ2n) is 5.44. The highest BCUT2D eigenvalue weighted by molar-refractivity contribution is 5.92. The summed E-state index contributed by atoms with van der Waals surface area (Å²) in [5, 5.41) is 17.6. The van der Waals surface area contributed by atoms with Crippen LogP contribution < -0.4 is 4.90 Å². The molecule has 0 radical (unpaired) electrons. The second kappa shape index (κ2) is 6.62. The Morgan fingerprint density at radius 3 is 2.54 bits per heavy atom. The van der Waals surface area contributed by atoms with Gasteiger partial charge in [0.2, 0.25) is 5.95 Å². The predicted molar refractivity (Wildman–Crippen MR) is 89.2 cm³/mol. The number of fused-ring (bicyclic) bond motifs is 1. The number of rotatable bonds is 4. The van der Waals surface area contributed by atoms with E-state index in [4.69, 9.17) is 0 Å². The molecule has 1 aliphatic heterocycles. The number of halogens is 1. The first-order valence-electron chi connectivity index (χ1n) is 7.47. The van der Waals surface area contributed by atoms with Gasteiger partial charge in [0.1, 0.15) is 0 Å². The van der Waals surface area contributed by atoms with E-state index in [2.05, 4.69) is 10.2 Å². The molecule has 0 aromatic heterocycles. The lowest BCUT2D eigenvalue weighted by molar-refractivity contribution is -0.133. The molecule has 2 aromatic rings. The van der Waals surface area contributed by atoms with E-state index in [1.165, 1.54) is 11.9 Å². The van der Waals surface area contributed by atoms with Crippen LogP contribution in [0.15, 0.2) is 76.3 Å². The van der Waals surface area contributed by atoms with E-state index in [-0.39, 0.29) is 12.1 Å². The number of hydrogen-bond acceptors (Lipinski definition) is 4. The van der Waals surface area contributed by atoms with Gasteiger partial charge >= 0.3 is 5.97 Å². The van der Waals surface area contributed by atoms with Crippen molar-refractivity contribution in [1.82, 2.24) is 0 Å². The molecule has 0 aliphatic carbocycles. The molecule has 0 saturated carbocycles. The number of aliphatic carboxylic acids is 1. The van der Waals surface area contributed by atoms with Crippen LogP contribution in [0.4, 0.5) is 15.8 Å². The molecule has 0 amide bonds. The van der Waals surface area contributed by atoms with Gasteiger partial charge in [-0.2, -0.15) is 14.6 Å². The van der Waals surface area contributed by atoms with Crippen molar-refractivity contribution in [2.75, 3.05) is 18.5 Å². The maximum Gasteiger partial charge on any atom is 0.336 e. The van der Waals surface area contributed by atoms with Crippen molar-refractivity contribution in [3.63, 3.8) is 0 Å². The lowest BCUT2D eigenvalue weighted by atomic mass is 9.87. The van der Waals surface area contributed by atoms with Crippen molar-refractivity contribution in [2.24, 2.45) is 10.2 Å². The molecule has 1 heterocycles. The fraction of sp³-hybridized carbons (Fsp3) is 0.167. The summed E-state index contributed by atoms with van der Waals surface area (Å²) in [7, 11) is 1.51. The lowest BCUT2D eigenvalue weighted by Crippen LogP contribution is -2.29. The first kappa shape index (κ1) is 15.9. The molecule has 24 heavy (non-hydrogen) atoms. The van der Waals surface area contributed by atoms with Gasteiger partial charge in [-0.15, -0.1) is 0 Å². The molecule has 0 bridgehead atoms. The van der Waals surface area contributed by atoms with Gasteiger partial charge in [-0.1, -0.05) is 36.4 Å². The first-order valence-corrected chi connectivity index (χ1v) is 7.47. The smallest absolute Gasteiger partial charge is 0.336 e. The molecule has 0 fully saturated rings. The number of nitrogens with zero attached hydrogens (tertiary/aromatic N) is 3. The molecule has 3 rings (SSSR count). The van der Waals surface area contributed by atoms with Crippen LogP contribution >= 0.6 is 0 Å². The van der Waals surface area contributed by atoms with Gasteiger partial charge < -0.3 is 10.0 Å². The summed E-state index contributed by atoms with van der Waals surface area (Å²) in [4.78, 5) is 12.8. The van der Waals surface area contributed by atoms with E-state index in [0.29, 0.717) is 11.4 Å². The highest BCUT2D eigenvalue weighted by Crippen LogP contribution is 2.41. The normalized spacial score (nSPS) is 17.2. The Morgan fingerprint density at radius 1 is 1.17 bits per heavy atom. The van der Waals surface area contributed by atoms with Crippen LogP contribution in [0.25, 0.3) is 0 Å². The third-order valence-corrected chi connectivity index (χ3v) is 3.98. The topological polar surface area (TPSA) is 65.3 Å². The Bertz CT molecular complexity index is 818. The zero-order valence-electron chi connectivity index (χ0n) is 13.1. The number of benzene rings is 2. The van der Waals surface area contributed by atoms with Crippen LogP contribution in [0, 0.1) is 0 Å². The van der Waals surface area contributed by atoms with Crippen LogP contribution in [0.2, 0.25) is 0 Å². The average Bonchev–Trinajstić information content (AvgIpc) is 2.60. The van der Waals surface area contributed by atoms with Gasteiger partial charge in [-0.25, -0.2) is 4.79 Å². The van der Waals surface area contributed by atoms with Gasteiger partial charge in [0.25, 0.3) is 0 Å². The van der Waals surface area contributed by atoms with Gasteiger partial charge in [0, 0.05) is 18.7 Å². The summed E-state index contributed by atoms with van der Waals surface area (Å²) in [5.74, 6) is -2.72. The number of azo groups is 1. The third-order valence-electron chi connectivity index (χ3n) is 3.98. The van der Waals surface area contributed by atoms with Gasteiger partial charge in [-0.05, 0) is 23.8 Å². The summed E-state index contributed by atoms with van der Waals surface area (Å²) >= 11 is 0. The summed E-state index contributed by atoms with van der Waals surface area (Å²) in [6.07, 6.45) is 0. The van der Waals surface area contributed by atoms with E-state index in [0.717, 1.165) is 5.56 Å². The Morgan fingerprint density at radius 2 is 1.83 bits per heavy atom. The van der Waals surface area contributed by atoms with Crippen LogP contribution in [0.5, 0.6) is 0 Å². The minimum absolute atomic E-state index is 0.0643. The largest absolute Gasteiger partial charge is 0.478 e. The van der Waals surface area contributed by atoms with E-state index in [1.807, 2.05) is 18.2 Å². The number of para-hydroxylation sites is 1. The van der Waals surface area contributed by atoms with E-state index >= 15 is 0 Å². The van der Waals surface area contributed by atoms with Crippen molar-refractivity contribution < 1.29 is 14.3 Å². The first-order chi connectivity index (χ1) is 11.6. The molecule has 0 saturated heterocycles. The molecular weight excluding hydrogens is 309 g/mol. The van der Waals surface area contributed by atoms with E-state index < -0.39 is 17.8 Å². The second-order valence-corrected chi connectivity index (χ2v) is 5.44. The maximum absolute atomic E-state index is 14.5. The fourth-order valence-electron chi connectivity index (χ4n) is 2.80. The molecule has 1 unspecified atom stereocenters. The SMILES string of the molecule is CN1C(F)=C(C(=O)O)C(CN=Nc2ccccc2)c2ccccc21. The number of anilines is 1. The Hall–Kier alpha value is -3.02. The van der Waals surface area contributed by atoms with Crippen molar-refractivity contribution in [1.29, 1.82) is 0 Å². The molecule has 1 N–H and O–H groups in total. The highest BCUT2D eigenvalue weighted by Gasteiger charge is 2.35. The standard InChI is InChI=1S/C18H16FN3O2/c1-22-15-10-6-5-9-13(15)14(16(17(22)19)18(23)24)11-20-21-12-7-3-2-4-8-12/h2-10,14H,11H2,1H3,(H,23,24). The summed E-state index contributed by atoms with van der Waals surface area (Å²) in [6.45, 7) is 0.0643. The van der Waals surface area contributed by atoms with Crippen molar-refractivity contribution >= 4 is 17.3 Å². The highest BCUT2D eigenvalue weighted by atomic mass is 19.1. The molecule has 6 heteroatoms. The molecular formula is C18H16FN3O2. The Labute approximate surface area is 138 Å². The van der Waals surface area contributed by atoms with E-state index in [9.17, 15) is 14.3 Å². The molecule has 122 valence electrons. The lowest BCUT2D eigenvalue weighted by Gasteiger charge is -2.31. The average molecular weight is 325 g/mol. The molecule has 1 aliphatic rings. The summed E-state index contributed by atoms with van der Waals surface area (Å²) < 4.78 is 14.5. The van der Waals surface area contributed by atoms with E-state index in [1.54, 1.807) is 36.4 Å². The van der Waals surface area contributed by atoms with Gasteiger partial charge in [-0.3, -0.25) is 0 Å². The maximum atomic E-state index is 14.5. The van der Waals surface area contributed by atoms with Crippen LogP contribution in [-0.2, 0) is 4.79 Å². The monoisotopic (exact) mass is 325 g/mol. The van der Waals surface area contributed by atoms with Gasteiger partial charge in [0.15, 0.2) is 0 Å². The number of hydrogen-bond donors (Lipinski definition) is 1. The van der Waals surface area contributed by atoms with Crippen molar-refractivity contribution in [2.45, 2.75) is 5.92 Å². The minimum Gasteiger partial charge on any atom is -0.478 e. The Balaban J connectivity index is 1.96. The number of carbonyl (C=O) groups is 1. The van der Waals surface area contributed by atoms with Crippen molar-refractivity contribution in [3.05, 3.63) is 71.7 Å². The summed E-state index contributed by atoms with van der Waals surface area (Å²) in [5.41, 5.74) is 1.74. The number of carboxylic acids is 1. The number of carboxylic acid groups (broad SMARTS) is 1. The summed E-state index contributed by atoms with van der Waals surface area (Å²) in [6, 6.07) is 16.3. The molecule has 0 spiro atoms. The van der Waals surface area contributed by atoms with Crippen molar-refractivity contribution in [3.8, 4) is 0 Å². The molecule has 5 nitrogen and oxygen atoms in total. The zero-order valence-corrected chi connectivity index (χ0v) is 13.1. The Kier molecular flexibility index (Phi) is 4.37. The molecule has 2 aromatic carbocycles. The van der Waals surface area contributed by atoms with Gasteiger partial charge in [0.05, 0.1) is 17.8 Å². The zero-order chi connectivity index (χ0) is 17.1. The minimum atomic E-state index is -1.28. The van der Waals surface area contributed by atoms with Crippen LogP contribution in [0.1, 0.15) is 11.5 Å². The third kappa shape index (κ3) is 2.90. The van der Waals surface area contributed by atoms with Crippen LogP contribution in [-0.4, -0.2) is 24.7 Å². The van der Waals surface area contributed by atoms with Crippen LogP contribution in [0.3, 0.4) is 0 Å². The quantitative estimate of drug-likeness (QED) is 0.674. The fourth-order valence-corrected chi connectivity index (χ4v) is 2.80. The molecule has 1 atom stereocenters.